The highest BCUT2D eigenvalue weighted by atomic mass is 32.2. The first kappa shape index (κ1) is 13.9. The van der Waals surface area contributed by atoms with E-state index >= 15 is 0 Å². The molecule has 0 saturated heterocycles. The van der Waals surface area contributed by atoms with Crippen molar-refractivity contribution in [2.24, 2.45) is 0 Å². The van der Waals surface area contributed by atoms with Crippen LogP contribution in [0.25, 0.3) is 11.0 Å². The van der Waals surface area contributed by atoms with Gasteiger partial charge in [0, 0.05) is 6.04 Å². The smallest absolute Gasteiger partial charge is 0.250 e. The van der Waals surface area contributed by atoms with Crippen molar-refractivity contribution in [3.8, 4) is 0 Å². The number of hydrogen-bond acceptors (Lipinski definition) is 4. The van der Waals surface area contributed by atoms with Crippen LogP contribution in [0.4, 0.5) is 0 Å². The molecule has 0 amide bonds. The fraction of sp³-hybridized carbons (Fsp3) is 0.267. The minimum absolute atomic E-state index is 0.214. The lowest BCUT2D eigenvalue weighted by Gasteiger charge is -2.08. The number of nitrogens with one attached hydrogen (secondary N) is 1. The monoisotopic (exact) mass is 333 g/mol. The Bertz CT molecular complexity index is 910. The molecule has 3 aromatic rings. The molecule has 5 nitrogen and oxygen atoms in total. The van der Waals surface area contributed by atoms with Crippen molar-refractivity contribution < 1.29 is 8.42 Å². The molecule has 1 aromatic carbocycles. The molecule has 1 fully saturated rings. The van der Waals surface area contributed by atoms with Crippen LogP contribution in [0, 0.1) is 0 Å². The lowest BCUT2D eigenvalue weighted by atomic mass is 10.3. The van der Waals surface area contributed by atoms with Crippen molar-refractivity contribution in [2.45, 2.75) is 29.6 Å². The Balaban J connectivity index is 1.66. The topological polar surface area (TPSA) is 64.0 Å². The minimum atomic E-state index is -3.46. The third kappa shape index (κ3) is 2.45. The average molecular weight is 333 g/mol. The zero-order valence-electron chi connectivity index (χ0n) is 11.8. The summed E-state index contributed by atoms with van der Waals surface area (Å²) in [5, 5.41) is 1.76. The summed E-state index contributed by atoms with van der Waals surface area (Å²) in [5.41, 5.74) is 2.00. The van der Waals surface area contributed by atoms with E-state index in [4.69, 9.17) is 0 Å². The molecule has 22 heavy (non-hydrogen) atoms. The van der Waals surface area contributed by atoms with Gasteiger partial charge in [-0.3, -0.25) is 0 Å². The maximum absolute atomic E-state index is 12.2. The molecule has 0 aliphatic heterocycles. The number of para-hydroxylation sites is 2. The molecule has 0 spiro atoms. The summed E-state index contributed by atoms with van der Waals surface area (Å²) in [4.78, 5) is 4.60. The largest absolute Gasteiger partial charge is 0.324 e. The van der Waals surface area contributed by atoms with Gasteiger partial charge < -0.3 is 4.57 Å². The second-order valence-corrected chi connectivity index (χ2v) is 8.32. The van der Waals surface area contributed by atoms with Crippen LogP contribution < -0.4 is 4.72 Å². The van der Waals surface area contributed by atoms with E-state index in [1.165, 1.54) is 11.3 Å². The van der Waals surface area contributed by atoms with Gasteiger partial charge in [-0.2, -0.15) is 0 Å². The van der Waals surface area contributed by atoms with Gasteiger partial charge in [0.2, 0.25) is 10.0 Å². The normalized spacial score (nSPS) is 15.5. The first-order chi connectivity index (χ1) is 10.6. The number of aromatic nitrogens is 2. The van der Waals surface area contributed by atoms with E-state index in [0.29, 0.717) is 10.3 Å². The van der Waals surface area contributed by atoms with E-state index in [-0.39, 0.29) is 6.54 Å². The molecule has 0 unspecified atom stereocenters. The summed E-state index contributed by atoms with van der Waals surface area (Å²) in [7, 11) is -3.46. The Morgan fingerprint density at radius 3 is 2.77 bits per heavy atom. The summed E-state index contributed by atoms with van der Waals surface area (Å²) in [6.07, 6.45) is 2.26. The Hall–Kier alpha value is -1.70. The first-order valence-electron chi connectivity index (χ1n) is 7.14. The highest BCUT2D eigenvalue weighted by molar-refractivity contribution is 7.91. The maximum Gasteiger partial charge on any atom is 0.250 e. The van der Waals surface area contributed by atoms with Crippen molar-refractivity contribution in [1.29, 1.82) is 0 Å². The van der Waals surface area contributed by atoms with Gasteiger partial charge in [0.05, 0.1) is 17.6 Å². The number of imidazole rings is 1. The lowest BCUT2D eigenvalue weighted by Crippen LogP contribution is -2.24. The first-order valence-corrected chi connectivity index (χ1v) is 9.50. The molecular weight excluding hydrogens is 318 g/mol. The van der Waals surface area contributed by atoms with Crippen LogP contribution in [0.1, 0.15) is 24.7 Å². The second kappa shape index (κ2) is 5.19. The lowest BCUT2D eigenvalue weighted by molar-refractivity contribution is 0.577. The standard InChI is InChI=1S/C15H15N3O2S2/c19-22(20,15-6-3-9-21-15)16-10-14-17-12-4-1-2-5-13(12)18(14)11-7-8-11/h1-6,9,11,16H,7-8,10H2. The van der Waals surface area contributed by atoms with E-state index in [0.717, 1.165) is 29.7 Å². The predicted molar refractivity (Wildman–Crippen MR) is 86.3 cm³/mol. The maximum atomic E-state index is 12.2. The van der Waals surface area contributed by atoms with Crippen molar-refractivity contribution in [1.82, 2.24) is 14.3 Å². The quantitative estimate of drug-likeness (QED) is 0.781. The molecule has 0 radical (unpaired) electrons. The van der Waals surface area contributed by atoms with Crippen LogP contribution in [0.2, 0.25) is 0 Å². The van der Waals surface area contributed by atoms with Gasteiger partial charge in [-0.15, -0.1) is 11.3 Å². The van der Waals surface area contributed by atoms with Gasteiger partial charge in [-0.05, 0) is 36.4 Å². The molecular formula is C15H15N3O2S2. The van der Waals surface area contributed by atoms with Gasteiger partial charge in [-0.1, -0.05) is 18.2 Å². The molecule has 0 bridgehead atoms. The zero-order chi connectivity index (χ0) is 15.2. The van der Waals surface area contributed by atoms with E-state index < -0.39 is 10.0 Å². The van der Waals surface area contributed by atoms with Crippen LogP contribution in [-0.4, -0.2) is 18.0 Å². The molecule has 1 aliphatic carbocycles. The SMILES string of the molecule is O=S(=O)(NCc1nc2ccccc2n1C1CC1)c1cccs1. The van der Waals surface area contributed by atoms with Crippen LogP contribution in [-0.2, 0) is 16.6 Å². The third-order valence-corrected chi connectivity index (χ3v) is 6.56. The van der Waals surface area contributed by atoms with Gasteiger partial charge in [0.25, 0.3) is 0 Å². The Morgan fingerprint density at radius 2 is 2.05 bits per heavy atom. The fourth-order valence-electron chi connectivity index (χ4n) is 2.61. The average Bonchev–Trinajstić information content (AvgIpc) is 3.05. The van der Waals surface area contributed by atoms with Crippen molar-refractivity contribution >= 4 is 32.4 Å². The Morgan fingerprint density at radius 1 is 1.23 bits per heavy atom. The van der Waals surface area contributed by atoms with Crippen molar-refractivity contribution in [3.05, 3.63) is 47.6 Å². The predicted octanol–water partition coefficient (Wildman–Crippen LogP) is 2.91. The number of hydrogen-bond donors (Lipinski definition) is 1. The van der Waals surface area contributed by atoms with Crippen LogP contribution in [0.3, 0.4) is 0 Å². The third-order valence-electron chi connectivity index (χ3n) is 3.76. The summed E-state index contributed by atoms with van der Waals surface area (Å²) < 4.78 is 29.7. The summed E-state index contributed by atoms with van der Waals surface area (Å²) >= 11 is 1.22. The van der Waals surface area contributed by atoms with Gasteiger partial charge in [0.1, 0.15) is 10.0 Å². The van der Waals surface area contributed by atoms with E-state index in [1.807, 2.05) is 24.3 Å². The number of rotatable bonds is 5. The minimum Gasteiger partial charge on any atom is -0.324 e. The Labute approximate surface area is 132 Å². The molecule has 2 aromatic heterocycles. The number of nitrogens with zero attached hydrogens (tertiary/aromatic N) is 2. The molecule has 0 atom stereocenters. The molecule has 4 rings (SSSR count). The molecule has 1 aliphatic rings. The zero-order valence-corrected chi connectivity index (χ0v) is 13.4. The number of sulfonamides is 1. The summed E-state index contributed by atoms with van der Waals surface area (Å²) in [5.74, 6) is 0.781. The van der Waals surface area contributed by atoms with E-state index in [9.17, 15) is 8.42 Å². The van der Waals surface area contributed by atoms with Crippen molar-refractivity contribution in [2.75, 3.05) is 0 Å². The molecule has 7 heteroatoms. The van der Waals surface area contributed by atoms with E-state index in [1.54, 1.807) is 17.5 Å². The molecule has 2 heterocycles. The second-order valence-electron chi connectivity index (χ2n) is 5.37. The van der Waals surface area contributed by atoms with Crippen LogP contribution in [0.15, 0.2) is 46.0 Å². The highest BCUT2D eigenvalue weighted by Crippen LogP contribution is 2.38. The number of benzene rings is 1. The molecule has 1 N–H and O–H groups in total. The summed E-state index contributed by atoms with van der Waals surface area (Å²) in [6.45, 7) is 0.214. The number of thiophene rings is 1. The van der Waals surface area contributed by atoms with Gasteiger partial charge in [-0.25, -0.2) is 18.1 Å². The fourth-order valence-corrected chi connectivity index (χ4v) is 4.62. The molecule has 114 valence electrons. The number of fused-ring (bicyclic) bond motifs is 1. The Kier molecular flexibility index (Phi) is 3.28. The van der Waals surface area contributed by atoms with Gasteiger partial charge >= 0.3 is 0 Å². The highest BCUT2D eigenvalue weighted by Gasteiger charge is 2.28. The summed E-state index contributed by atoms with van der Waals surface area (Å²) in [6, 6.07) is 11.7. The van der Waals surface area contributed by atoms with Crippen molar-refractivity contribution in [3.63, 3.8) is 0 Å². The van der Waals surface area contributed by atoms with E-state index in [2.05, 4.69) is 14.3 Å². The molecule has 1 saturated carbocycles. The van der Waals surface area contributed by atoms with Crippen LogP contribution in [0.5, 0.6) is 0 Å². The van der Waals surface area contributed by atoms with Crippen LogP contribution >= 0.6 is 11.3 Å². The van der Waals surface area contributed by atoms with Gasteiger partial charge in [0.15, 0.2) is 0 Å².